The van der Waals surface area contributed by atoms with Crippen molar-refractivity contribution in [2.24, 2.45) is 0 Å². The van der Waals surface area contributed by atoms with Gasteiger partial charge in [-0.3, -0.25) is 24.5 Å². The van der Waals surface area contributed by atoms with Crippen molar-refractivity contribution < 1.29 is 28.3 Å². The summed E-state index contributed by atoms with van der Waals surface area (Å²) in [7, 11) is 3.58. The number of fused-ring (bicyclic) bond motifs is 2. The van der Waals surface area contributed by atoms with E-state index in [-0.39, 0.29) is 24.8 Å². The molecule has 4 amide bonds. The fraction of sp³-hybridized carbons (Fsp3) is 0.379. The number of furan rings is 1. The Morgan fingerprint density at radius 1 is 1.08 bits per heavy atom. The fourth-order valence-corrected chi connectivity index (χ4v) is 5.80. The minimum Gasteiger partial charge on any atom is -0.497 e. The third-order valence-corrected chi connectivity index (χ3v) is 8.16. The van der Waals surface area contributed by atoms with Gasteiger partial charge < -0.3 is 23.9 Å². The Bertz CT molecular complexity index is 1540. The van der Waals surface area contributed by atoms with Crippen LogP contribution < -0.4 is 10.1 Å². The lowest BCUT2D eigenvalue weighted by Gasteiger charge is -2.32. The van der Waals surface area contributed by atoms with Crippen LogP contribution in [0.25, 0.3) is 11.0 Å². The monoisotopic (exact) mass is 530 g/mol. The average molecular weight is 531 g/mol. The largest absolute Gasteiger partial charge is 0.497 e. The predicted molar refractivity (Wildman–Crippen MR) is 142 cm³/mol. The van der Waals surface area contributed by atoms with Gasteiger partial charge >= 0.3 is 0 Å². The van der Waals surface area contributed by atoms with E-state index in [2.05, 4.69) is 10.2 Å². The molecule has 6 rings (SSSR count). The first-order valence-electron chi connectivity index (χ1n) is 13.0. The summed E-state index contributed by atoms with van der Waals surface area (Å²) in [6, 6.07) is 10.6. The van der Waals surface area contributed by atoms with Crippen molar-refractivity contribution >= 4 is 34.6 Å². The lowest BCUT2D eigenvalue weighted by Crippen LogP contribution is -2.47. The molecule has 10 nitrogen and oxygen atoms in total. The van der Waals surface area contributed by atoms with Gasteiger partial charge in [0.15, 0.2) is 0 Å². The Labute approximate surface area is 225 Å². The van der Waals surface area contributed by atoms with Crippen molar-refractivity contribution in [2.45, 2.75) is 25.3 Å². The summed E-state index contributed by atoms with van der Waals surface area (Å²) in [6.45, 7) is 5.11. The zero-order chi connectivity index (χ0) is 27.5. The van der Waals surface area contributed by atoms with E-state index < -0.39 is 17.2 Å². The van der Waals surface area contributed by atoms with Crippen LogP contribution in [0.4, 0.5) is 0 Å². The maximum absolute atomic E-state index is 13.3. The van der Waals surface area contributed by atoms with Gasteiger partial charge in [0.05, 0.1) is 13.5 Å². The van der Waals surface area contributed by atoms with Crippen LogP contribution in [0.15, 0.2) is 40.8 Å². The van der Waals surface area contributed by atoms with Crippen LogP contribution in [0.5, 0.6) is 5.75 Å². The lowest BCUT2D eigenvalue weighted by molar-refractivity contribution is -0.127. The van der Waals surface area contributed by atoms with Gasteiger partial charge in [0.2, 0.25) is 11.8 Å². The molecule has 2 aromatic carbocycles. The van der Waals surface area contributed by atoms with Gasteiger partial charge in [-0.05, 0) is 55.4 Å². The van der Waals surface area contributed by atoms with Crippen LogP contribution >= 0.6 is 0 Å². The Morgan fingerprint density at radius 3 is 2.54 bits per heavy atom. The van der Waals surface area contributed by atoms with Crippen LogP contribution in [-0.4, -0.2) is 85.2 Å². The molecular formula is C29H30N4O6. The van der Waals surface area contributed by atoms with E-state index >= 15 is 0 Å². The normalized spacial score (nSPS) is 21.6. The van der Waals surface area contributed by atoms with Crippen LogP contribution in [-0.2, 0) is 21.5 Å². The summed E-state index contributed by atoms with van der Waals surface area (Å²) in [5, 5.41) is 3.07. The molecule has 202 valence electrons. The van der Waals surface area contributed by atoms with Gasteiger partial charge in [0.1, 0.15) is 22.5 Å². The Kier molecular flexibility index (Phi) is 5.95. The summed E-state index contributed by atoms with van der Waals surface area (Å²) in [5.41, 5.74) is 1.83. The average Bonchev–Trinajstić information content (AvgIpc) is 3.56. The second-order valence-electron chi connectivity index (χ2n) is 10.7. The summed E-state index contributed by atoms with van der Waals surface area (Å²) < 4.78 is 11.5. The number of nitrogens with zero attached hydrogens (tertiary/aromatic N) is 3. The smallest absolute Gasteiger partial charge is 0.254 e. The Hall–Kier alpha value is -4.18. The summed E-state index contributed by atoms with van der Waals surface area (Å²) in [6.07, 6.45) is -0.138. The molecule has 1 aromatic heterocycles. The number of nitrogens with one attached hydrogen (secondary N) is 1. The number of ether oxygens (including phenoxy) is 1. The summed E-state index contributed by atoms with van der Waals surface area (Å²) in [5.74, 6) is -0.327. The highest BCUT2D eigenvalue weighted by molar-refractivity contribution is 6.10. The zero-order valence-corrected chi connectivity index (χ0v) is 22.2. The number of carbonyl (C=O) groups excluding carboxylic acids is 4. The number of rotatable bonds is 5. The van der Waals surface area contributed by atoms with Gasteiger partial charge in [0.25, 0.3) is 11.8 Å². The van der Waals surface area contributed by atoms with Crippen molar-refractivity contribution in [3.8, 4) is 5.75 Å². The fourth-order valence-electron chi connectivity index (χ4n) is 5.80. The van der Waals surface area contributed by atoms with Gasteiger partial charge in [-0.15, -0.1) is 0 Å². The predicted octanol–water partition coefficient (Wildman–Crippen LogP) is 2.08. The first-order valence-corrected chi connectivity index (χ1v) is 13.0. The number of piperazine rings is 1. The number of hydrogen-bond acceptors (Lipinski definition) is 7. The van der Waals surface area contributed by atoms with Gasteiger partial charge in [0, 0.05) is 55.8 Å². The van der Waals surface area contributed by atoms with E-state index in [1.165, 1.54) is 7.11 Å². The minimum absolute atomic E-state index is 0.0215. The van der Waals surface area contributed by atoms with Gasteiger partial charge in [-0.2, -0.15) is 0 Å². The molecule has 0 radical (unpaired) electrons. The number of aryl methyl sites for hydroxylation is 1. The van der Waals surface area contributed by atoms with Gasteiger partial charge in [-0.1, -0.05) is 6.07 Å². The number of benzene rings is 2. The standard InChI is InChI=1S/C29H30N4O6/c1-17-10-23-19(11-21(17)26(35)32-8-6-31(2)7-9-32)12-24(39-23)29(14-25(34)30-28(29)37)16-33-15-18-4-5-20(38-3)13-22(18)27(33)36/h4-5,10-13H,6-9,14-16H2,1-3H3,(H,30,34,37)/t29-/m1/s1. The van der Waals surface area contributed by atoms with E-state index in [1.54, 1.807) is 35.2 Å². The molecule has 2 fully saturated rings. The maximum atomic E-state index is 13.3. The molecule has 3 aliphatic heterocycles. The van der Waals surface area contributed by atoms with Crippen molar-refractivity contribution in [3.05, 3.63) is 64.4 Å². The maximum Gasteiger partial charge on any atom is 0.254 e. The zero-order valence-electron chi connectivity index (χ0n) is 22.2. The molecule has 4 heterocycles. The van der Waals surface area contributed by atoms with E-state index in [9.17, 15) is 19.2 Å². The molecule has 3 aromatic rings. The molecule has 0 bridgehead atoms. The van der Waals surface area contributed by atoms with Crippen LogP contribution in [0, 0.1) is 6.92 Å². The molecule has 0 saturated carbocycles. The van der Waals surface area contributed by atoms with E-state index in [1.807, 2.05) is 24.9 Å². The number of hydrogen-bond donors (Lipinski definition) is 1. The Balaban J connectivity index is 1.34. The third kappa shape index (κ3) is 4.15. The van der Waals surface area contributed by atoms with Crippen LogP contribution in [0.2, 0.25) is 0 Å². The van der Waals surface area contributed by atoms with Crippen LogP contribution in [0.3, 0.4) is 0 Å². The number of carbonyl (C=O) groups is 4. The Morgan fingerprint density at radius 2 is 1.85 bits per heavy atom. The van der Waals surface area contributed by atoms with Crippen molar-refractivity contribution in [1.82, 2.24) is 20.0 Å². The quantitative estimate of drug-likeness (QED) is 0.503. The second-order valence-corrected chi connectivity index (χ2v) is 10.7. The molecule has 3 aliphatic rings. The topological polar surface area (TPSA) is 112 Å². The highest BCUT2D eigenvalue weighted by Gasteiger charge is 2.53. The minimum atomic E-state index is -1.38. The summed E-state index contributed by atoms with van der Waals surface area (Å²) in [4.78, 5) is 58.0. The number of likely N-dealkylation sites (N-methyl/N-ethyl adjacent to an activating group) is 1. The van der Waals surface area contributed by atoms with E-state index in [0.29, 0.717) is 53.2 Å². The first kappa shape index (κ1) is 25.1. The second kappa shape index (κ2) is 9.23. The van der Waals surface area contributed by atoms with Crippen molar-refractivity contribution in [1.29, 1.82) is 0 Å². The lowest BCUT2D eigenvalue weighted by atomic mass is 9.82. The molecule has 1 atom stereocenters. The highest BCUT2D eigenvalue weighted by atomic mass is 16.5. The highest BCUT2D eigenvalue weighted by Crippen LogP contribution is 2.39. The van der Waals surface area contributed by atoms with E-state index in [0.717, 1.165) is 24.2 Å². The molecule has 0 unspecified atom stereocenters. The van der Waals surface area contributed by atoms with Crippen LogP contribution in [0.1, 0.15) is 44.0 Å². The number of imide groups is 1. The first-order chi connectivity index (χ1) is 18.7. The number of methoxy groups -OCH3 is 1. The SMILES string of the molecule is COc1ccc2c(c1)C(=O)N(C[C@@]1(c3cc4cc(C(=O)N5CCN(C)CC5)c(C)cc4o3)CC(=O)NC1=O)C2. The third-order valence-electron chi connectivity index (χ3n) is 8.16. The molecule has 0 aliphatic carbocycles. The van der Waals surface area contributed by atoms with Gasteiger partial charge in [-0.25, -0.2) is 0 Å². The van der Waals surface area contributed by atoms with E-state index in [4.69, 9.17) is 9.15 Å². The molecule has 1 N–H and O–H groups in total. The molecular weight excluding hydrogens is 500 g/mol. The molecule has 10 heteroatoms. The summed E-state index contributed by atoms with van der Waals surface area (Å²) >= 11 is 0. The molecule has 0 spiro atoms. The molecule has 2 saturated heterocycles. The van der Waals surface area contributed by atoms with Crippen molar-refractivity contribution in [2.75, 3.05) is 46.9 Å². The van der Waals surface area contributed by atoms with Crippen molar-refractivity contribution in [3.63, 3.8) is 0 Å². The number of amides is 4. The molecule has 39 heavy (non-hydrogen) atoms.